The van der Waals surface area contributed by atoms with Crippen LogP contribution < -0.4 is 10.3 Å². The van der Waals surface area contributed by atoms with E-state index in [-0.39, 0.29) is 11.2 Å². The van der Waals surface area contributed by atoms with E-state index in [9.17, 15) is 9.90 Å². The number of aryl methyl sites for hydroxylation is 1. The summed E-state index contributed by atoms with van der Waals surface area (Å²) in [4.78, 5) is 18.3. The number of phenolic OH excluding ortho intramolecular Hbond substituents is 1. The summed E-state index contributed by atoms with van der Waals surface area (Å²) in [6.07, 6.45) is 1.82. The molecule has 0 radical (unpaired) electrons. The molecule has 1 aliphatic rings. The molecule has 0 unspecified atom stereocenters. The van der Waals surface area contributed by atoms with E-state index in [0.29, 0.717) is 24.3 Å². The van der Waals surface area contributed by atoms with E-state index < -0.39 is 0 Å². The minimum Gasteiger partial charge on any atom is -0.508 e. The topological polar surface area (TPSA) is 96.3 Å². The third-order valence-electron chi connectivity index (χ3n) is 5.38. The van der Waals surface area contributed by atoms with E-state index in [0.717, 1.165) is 41.2 Å². The number of nitrogens with one attached hydrogen (secondary N) is 1. The molecule has 0 saturated carbocycles. The van der Waals surface area contributed by atoms with E-state index in [4.69, 9.17) is 4.74 Å². The molecule has 2 aromatic heterocycles. The SMILES string of the molecule is Cc1cc(O)ccc1-n1cc(-c2ccc3[nH]c(N4CCOCC4)cc(=O)c3c2)nn1. The highest BCUT2D eigenvalue weighted by atomic mass is 16.5. The number of hydrogen-bond acceptors (Lipinski definition) is 6. The van der Waals surface area contributed by atoms with Crippen molar-refractivity contribution in [3.05, 3.63) is 64.4 Å². The van der Waals surface area contributed by atoms with Crippen LogP contribution in [0.4, 0.5) is 5.82 Å². The maximum Gasteiger partial charge on any atom is 0.191 e. The van der Waals surface area contributed by atoms with Crippen molar-refractivity contribution in [1.29, 1.82) is 0 Å². The fourth-order valence-electron chi connectivity index (χ4n) is 3.78. The molecule has 5 rings (SSSR count). The van der Waals surface area contributed by atoms with Gasteiger partial charge >= 0.3 is 0 Å². The Hall–Kier alpha value is -3.65. The van der Waals surface area contributed by atoms with E-state index in [1.165, 1.54) is 0 Å². The van der Waals surface area contributed by atoms with Gasteiger partial charge in [-0.05, 0) is 42.8 Å². The van der Waals surface area contributed by atoms with Crippen molar-refractivity contribution >= 4 is 16.7 Å². The van der Waals surface area contributed by atoms with Crippen LogP contribution in [0.5, 0.6) is 5.75 Å². The molecule has 0 atom stereocenters. The summed E-state index contributed by atoms with van der Waals surface area (Å²) in [5.74, 6) is 1.03. The molecule has 0 aliphatic carbocycles. The standard InChI is InChI=1S/C22H21N5O3/c1-14-10-16(28)3-5-20(14)27-13-19(24-25-27)15-2-4-18-17(11-15)21(29)12-22(23-18)26-6-8-30-9-7-26/h2-5,10-13,28H,6-9H2,1H3,(H,23,29). The number of rotatable bonds is 3. The van der Waals surface area contributed by atoms with E-state index in [1.807, 2.05) is 31.3 Å². The van der Waals surface area contributed by atoms with Gasteiger partial charge in [-0.1, -0.05) is 11.3 Å². The molecule has 1 aliphatic heterocycles. The Morgan fingerprint density at radius 2 is 1.93 bits per heavy atom. The maximum atomic E-state index is 12.8. The summed E-state index contributed by atoms with van der Waals surface area (Å²) < 4.78 is 7.06. The zero-order valence-electron chi connectivity index (χ0n) is 16.5. The molecule has 0 spiro atoms. The second-order valence-electron chi connectivity index (χ2n) is 7.40. The Labute approximate surface area is 172 Å². The molecule has 2 N–H and O–H groups in total. The quantitative estimate of drug-likeness (QED) is 0.546. The largest absolute Gasteiger partial charge is 0.508 e. The number of anilines is 1. The third-order valence-corrected chi connectivity index (χ3v) is 5.38. The number of fused-ring (bicyclic) bond motifs is 1. The molecule has 30 heavy (non-hydrogen) atoms. The molecule has 3 heterocycles. The van der Waals surface area contributed by atoms with Gasteiger partial charge in [-0.15, -0.1) is 5.10 Å². The van der Waals surface area contributed by atoms with E-state index in [1.54, 1.807) is 28.9 Å². The van der Waals surface area contributed by atoms with Crippen molar-refractivity contribution in [2.24, 2.45) is 0 Å². The summed E-state index contributed by atoms with van der Waals surface area (Å²) >= 11 is 0. The van der Waals surface area contributed by atoms with Crippen LogP contribution in [-0.4, -0.2) is 51.4 Å². The molecular formula is C22H21N5O3. The van der Waals surface area contributed by atoms with Crippen LogP contribution in [0.2, 0.25) is 0 Å². The van der Waals surface area contributed by atoms with E-state index >= 15 is 0 Å². The number of aromatic amines is 1. The number of aromatic hydroxyl groups is 1. The summed E-state index contributed by atoms with van der Waals surface area (Å²) in [5, 5.41) is 18.7. The second-order valence-corrected chi connectivity index (χ2v) is 7.40. The molecule has 8 nitrogen and oxygen atoms in total. The van der Waals surface area contributed by atoms with Crippen LogP contribution in [0.3, 0.4) is 0 Å². The molecule has 152 valence electrons. The third kappa shape index (κ3) is 3.31. The van der Waals surface area contributed by atoms with Crippen molar-refractivity contribution < 1.29 is 9.84 Å². The van der Waals surface area contributed by atoms with Crippen molar-refractivity contribution in [1.82, 2.24) is 20.0 Å². The maximum absolute atomic E-state index is 12.8. The molecule has 4 aromatic rings. The normalized spacial score (nSPS) is 14.4. The minimum absolute atomic E-state index is 0.0335. The number of ether oxygens (including phenoxy) is 1. The van der Waals surface area contributed by atoms with Crippen LogP contribution in [0.1, 0.15) is 5.56 Å². The lowest BCUT2D eigenvalue weighted by Crippen LogP contribution is -2.37. The first-order chi connectivity index (χ1) is 14.6. The van der Waals surface area contributed by atoms with Gasteiger partial charge < -0.3 is 19.7 Å². The molecule has 0 bridgehead atoms. The highest BCUT2D eigenvalue weighted by Gasteiger charge is 2.14. The number of nitrogens with zero attached hydrogens (tertiary/aromatic N) is 4. The van der Waals surface area contributed by atoms with Crippen LogP contribution >= 0.6 is 0 Å². The summed E-state index contributed by atoms with van der Waals surface area (Å²) in [6.45, 7) is 4.75. The lowest BCUT2D eigenvalue weighted by Gasteiger charge is -2.28. The molecule has 2 aromatic carbocycles. The first-order valence-corrected chi connectivity index (χ1v) is 9.81. The van der Waals surface area contributed by atoms with Crippen molar-refractivity contribution in [2.75, 3.05) is 31.2 Å². The van der Waals surface area contributed by atoms with Crippen molar-refractivity contribution in [3.63, 3.8) is 0 Å². The van der Waals surface area contributed by atoms with Gasteiger partial charge in [-0.25, -0.2) is 4.68 Å². The monoisotopic (exact) mass is 403 g/mol. The Kier molecular flexibility index (Phi) is 4.48. The Morgan fingerprint density at radius 3 is 2.73 bits per heavy atom. The zero-order valence-corrected chi connectivity index (χ0v) is 16.5. The zero-order chi connectivity index (χ0) is 20.7. The van der Waals surface area contributed by atoms with Gasteiger partial charge in [-0.3, -0.25) is 4.79 Å². The first kappa shape index (κ1) is 18.4. The van der Waals surface area contributed by atoms with Gasteiger partial charge in [0.15, 0.2) is 5.43 Å². The average molecular weight is 403 g/mol. The minimum atomic E-state index is -0.0335. The highest BCUT2D eigenvalue weighted by molar-refractivity contribution is 5.85. The number of phenols is 1. The van der Waals surface area contributed by atoms with Gasteiger partial charge in [-0.2, -0.15) is 0 Å². The number of pyridine rings is 1. The predicted octanol–water partition coefficient (Wildman–Crippen LogP) is 2.63. The van der Waals surface area contributed by atoms with Crippen LogP contribution in [-0.2, 0) is 4.74 Å². The predicted molar refractivity (Wildman–Crippen MR) is 114 cm³/mol. The molecular weight excluding hydrogens is 382 g/mol. The van der Waals surface area contributed by atoms with Crippen molar-refractivity contribution in [2.45, 2.75) is 6.92 Å². The smallest absolute Gasteiger partial charge is 0.191 e. The second kappa shape index (κ2) is 7.31. The first-order valence-electron chi connectivity index (χ1n) is 9.81. The van der Waals surface area contributed by atoms with Gasteiger partial charge in [0.1, 0.15) is 17.3 Å². The fraction of sp³-hybridized carbons (Fsp3) is 0.227. The lowest BCUT2D eigenvalue weighted by molar-refractivity contribution is 0.122. The molecule has 0 amide bonds. The van der Waals surface area contributed by atoms with Gasteiger partial charge in [0, 0.05) is 30.1 Å². The summed E-state index contributed by atoms with van der Waals surface area (Å²) in [6, 6.07) is 12.4. The molecule has 1 fully saturated rings. The summed E-state index contributed by atoms with van der Waals surface area (Å²) in [7, 11) is 0. The van der Waals surface area contributed by atoms with Crippen LogP contribution in [0.15, 0.2) is 53.5 Å². The van der Waals surface area contributed by atoms with Crippen LogP contribution in [0, 0.1) is 6.92 Å². The van der Waals surface area contributed by atoms with Crippen molar-refractivity contribution in [3.8, 4) is 22.7 Å². The number of benzene rings is 2. The molecule has 8 heteroatoms. The summed E-state index contributed by atoms with van der Waals surface area (Å²) in [5.41, 5.74) is 3.96. The van der Waals surface area contributed by atoms with Crippen LogP contribution in [0.25, 0.3) is 27.8 Å². The number of H-pyrrole nitrogens is 1. The van der Waals surface area contributed by atoms with Gasteiger partial charge in [0.05, 0.1) is 30.6 Å². The number of aromatic nitrogens is 4. The van der Waals surface area contributed by atoms with Gasteiger partial charge in [0.25, 0.3) is 0 Å². The Balaban J connectivity index is 1.50. The highest BCUT2D eigenvalue weighted by Crippen LogP contribution is 2.24. The van der Waals surface area contributed by atoms with E-state index in [2.05, 4.69) is 20.2 Å². The van der Waals surface area contributed by atoms with Gasteiger partial charge in [0.2, 0.25) is 0 Å². The Morgan fingerprint density at radius 1 is 1.10 bits per heavy atom. The number of morpholine rings is 1. The molecule has 1 saturated heterocycles. The fourth-order valence-corrected chi connectivity index (χ4v) is 3.78. The Bertz CT molecular complexity index is 1290. The average Bonchev–Trinajstić information content (AvgIpc) is 3.24. The number of hydrogen-bond donors (Lipinski definition) is 2. The lowest BCUT2D eigenvalue weighted by atomic mass is 10.1.